The van der Waals surface area contributed by atoms with Crippen molar-refractivity contribution in [1.82, 2.24) is 0 Å². The number of hydrogen-bond acceptors (Lipinski definition) is 5. The third kappa shape index (κ3) is 3.15. The van der Waals surface area contributed by atoms with Crippen molar-refractivity contribution in [2.24, 2.45) is 28.6 Å². The van der Waals surface area contributed by atoms with Crippen molar-refractivity contribution in [2.45, 2.75) is 51.9 Å². The van der Waals surface area contributed by atoms with Crippen LogP contribution in [0.2, 0.25) is 0 Å². The maximum absolute atomic E-state index is 11.8. The average Bonchev–Trinajstić information content (AvgIpc) is 3.03. The lowest BCUT2D eigenvalue weighted by Gasteiger charge is -2.60. The van der Waals surface area contributed by atoms with Crippen molar-refractivity contribution in [3.05, 3.63) is 11.6 Å². The highest BCUT2D eigenvalue weighted by Crippen LogP contribution is 2.62. The summed E-state index contributed by atoms with van der Waals surface area (Å²) in [6.45, 7) is 2.88. The minimum absolute atomic E-state index is 0.0155. The number of hydrogen-bond donors (Lipinski definition) is 3. The smallest absolute Gasteiger partial charge is 0.334 e. The molecule has 0 bridgehead atoms. The Bertz CT molecular complexity index is 524. The van der Waals surface area contributed by atoms with E-state index in [4.69, 9.17) is 4.74 Å². The second kappa shape index (κ2) is 7.37. The van der Waals surface area contributed by atoms with Gasteiger partial charge >= 0.3 is 5.97 Å². The molecule has 142 valence electrons. The highest BCUT2D eigenvalue weighted by atomic mass is 16.5. The van der Waals surface area contributed by atoms with E-state index in [1.54, 1.807) is 0 Å². The van der Waals surface area contributed by atoms with E-state index < -0.39 is 5.41 Å². The average molecular weight is 352 g/mol. The zero-order chi connectivity index (χ0) is 18.1. The zero-order valence-corrected chi connectivity index (χ0v) is 15.2. The lowest BCUT2D eigenvalue weighted by molar-refractivity contribution is -0.150. The Kier molecular flexibility index (Phi) is 5.57. The van der Waals surface area contributed by atoms with Gasteiger partial charge in [0.2, 0.25) is 0 Å². The van der Waals surface area contributed by atoms with Crippen LogP contribution in [0, 0.1) is 28.6 Å². The van der Waals surface area contributed by atoms with Crippen LogP contribution in [0.25, 0.3) is 0 Å². The summed E-state index contributed by atoms with van der Waals surface area (Å²) in [6, 6.07) is 0. The van der Waals surface area contributed by atoms with Gasteiger partial charge in [0.05, 0.1) is 13.2 Å². The summed E-state index contributed by atoms with van der Waals surface area (Å²) in [4.78, 5) is 11.8. The predicted octanol–water partition coefficient (Wildman–Crippen LogP) is 2.05. The fourth-order valence-corrected chi connectivity index (χ4v) is 6.19. The van der Waals surface area contributed by atoms with Gasteiger partial charge in [-0.25, -0.2) is 4.79 Å². The molecule has 3 N–H and O–H groups in total. The number of aliphatic hydroxyl groups excluding tert-OH is 3. The first-order valence-corrected chi connectivity index (χ1v) is 9.69. The molecular formula is C20H32O5. The molecule has 2 aliphatic carbocycles. The van der Waals surface area contributed by atoms with E-state index in [0.717, 1.165) is 44.1 Å². The summed E-state index contributed by atoms with van der Waals surface area (Å²) in [5.74, 6) is 0.582. The highest BCUT2D eigenvalue weighted by Gasteiger charge is 2.57. The van der Waals surface area contributed by atoms with Gasteiger partial charge in [0, 0.05) is 17.6 Å². The van der Waals surface area contributed by atoms with Crippen LogP contribution < -0.4 is 0 Å². The fourth-order valence-electron chi connectivity index (χ4n) is 6.19. The van der Waals surface area contributed by atoms with Crippen molar-refractivity contribution < 1.29 is 24.9 Å². The molecule has 5 nitrogen and oxygen atoms in total. The van der Waals surface area contributed by atoms with Gasteiger partial charge in [-0.3, -0.25) is 0 Å². The molecular weight excluding hydrogens is 320 g/mol. The topological polar surface area (TPSA) is 87.0 Å². The van der Waals surface area contributed by atoms with Crippen LogP contribution in [0.5, 0.6) is 0 Å². The number of cyclic esters (lactones) is 1. The fraction of sp³-hybridized carbons (Fsp3) is 0.850. The molecule has 0 spiro atoms. The number of carbonyl (C=O) groups is 1. The van der Waals surface area contributed by atoms with Crippen LogP contribution in [0.1, 0.15) is 51.9 Å². The number of aliphatic hydroxyl groups is 3. The predicted molar refractivity (Wildman–Crippen MR) is 93.6 cm³/mol. The van der Waals surface area contributed by atoms with E-state index in [1.165, 1.54) is 0 Å². The summed E-state index contributed by atoms with van der Waals surface area (Å²) in [5.41, 5.74) is 0.337. The minimum atomic E-state index is -0.406. The van der Waals surface area contributed by atoms with Gasteiger partial charge in [0.1, 0.15) is 6.61 Å². The molecule has 2 saturated carbocycles. The number of carbonyl (C=O) groups excluding carboxylic acids is 1. The zero-order valence-electron chi connectivity index (χ0n) is 15.2. The van der Waals surface area contributed by atoms with Crippen LogP contribution in [0.3, 0.4) is 0 Å². The summed E-state index contributed by atoms with van der Waals surface area (Å²) in [7, 11) is 0. The Morgan fingerprint density at radius 2 is 1.96 bits per heavy atom. The van der Waals surface area contributed by atoms with Crippen molar-refractivity contribution in [3.63, 3.8) is 0 Å². The molecule has 2 fully saturated rings. The van der Waals surface area contributed by atoms with Crippen LogP contribution in [-0.2, 0) is 9.53 Å². The second-order valence-electron chi connectivity index (χ2n) is 8.58. The van der Waals surface area contributed by atoms with Gasteiger partial charge < -0.3 is 20.1 Å². The quantitative estimate of drug-likeness (QED) is 0.637. The largest absolute Gasteiger partial charge is 0.458 e. The van der Waals surface area contributed by atoms with Crippen molar-refractivity contribution >= 4 is 5.97 Å². The first-order chi connectivity index (χ1) is 12.0. The summed E-state index contributed by atoms with van der Waals surface area (Å²) in [5, 5.41) is 30.1. The van der Waals surface area contributed by atoms with Gasteiger partial charge in [0.25, 0.3) is 0 Å². The van der Waals surface area contributed by atoms with E-state index in [9.17, 15) is 20.1 Å². The van der Waals surface area contributed by atoms with Crippen molar-refractivity contribution in [2.75, 3.05) is 26.4 Å². The Morgan fingerprint density at radius 1 is 1.20 bits per heavy atom. The summed E-state index contributed by atoms with van der Waals surface area (Å²) < 4.78 is 5.01. The molecule has 1 aliphatic heterocycles. The first kappa shape index (κ1) is 18.9. The van der Waals surface area contributed by atoms with Crippen molar-refractivity contribution in [3.8, 4) is 0 Å². The van der Waals surface area contributed by atoms with Gasteiger partial charge in [-0.1, -0.05) is 13.3 Å². The lowest BCUT2D eigenvalue weighted by Crippen LogP contribution is -2.56. The Morgan fingerprint density at radius 3 is 2.56 bits per heavy atom. The molecule has 3 rings (SSSR count). The summed E-state index contributed by atoms with van der Waals surface area (Å²) in [6.07, 6.45) is 8.20. The van der Waals surface area contributed by atoms with E-state index in [1.807, 2.05) is 6.08 Å². The molecule has 0 radical (unpaired) electrons. The van der Waals surface area contributed by atoms with Gasteiger partial charge in [-0.15, -0.1) is 0 Å². The van der Waals surface area contributed by atoms with E-state index >= 15 is 0 Å². The molecule has 0 aromatic carbocycles. The summed E-state index contributed by atoms with van der Waals surface area (Å²) >= 11 is 0. The molecule has 0 amide bonds. The normalized spacial score (nSPS) is 37.4. The van der Waals surface area contributed by atoms with Gasteiger partial charge in [0.15, 0.2) is 0 Å². The molecule has 5 heteroatoms. The lowest BCUT2D eigenvalue weighted by atomic mass is 9.45. The van der Waals surface area contributed by atoms with Gasteiger partial charge in [-0.2, -0.15) is 0 Å². The van der Waals surface area contributed by atoms with Crippen LogP contribution in [-0.4, -0.2) is 47.7 Å². The highest BCUT2D eigenvalue weighted by molar-refractivity contribution is 5.90. The maximum atomic E-state index is 11.8. The molecule has 4 atom stereocenters. The number of rotatable bonds is 6. The molecule has 25 heavy (non-hydrogen) atoms. The molecule has 0 aromatic heterocycles. The van der Waals surface area contributed by atoms with Crippen LogP contribution in [0.4, 0.5) is 0 Å². The molecule has 0 aromatic rings. The van der Waals surface area contributed by atoms with Crippen molar-refractivity contribution in [1.29, 1.82) is 0 Å². The number of esters is 1. The van der Waals surface area contributed by atoms with E-state index in [0.29, 0.717) is 18.9 Å². The third-order valence-electron chi connectivity index (χ3n) is 7.56. The third-order valence-corrected chi connectivity index (χ3v) is 7.56. The second-order valence-corrected chi connectivity index (χ2v) is 8.58. The maximum Gasteiger partial charge on any atom is 0.334 e. The minimum Gasteiger partial charge on any atom is -0.458 e. The standard InChI is InChI=1S/C20H32O5/c1-19-8-2-9-20(12-22,13-23)17(19)6-4-15(11-21)16(19)5-3-14-7-10-25-18(14)24/h7,15-17,21-23H,2-6,8-13H2,1H3/t15-,16-,17+,19+/m1/s1. The monoisotopic (exact) mass is 352 g/mol. The molecule has 1 heterocycles. The number of ether oxygens (including phenoxy) is 1. The molecule has 3 aliphatic rings. The Balaban J connectivity index is 1.83. The molecule has 0 saturated heterocycles. The van der Waals surface area contributed by atoms with Crippen LogP contribution in [0.15, 0.2) is 11.6 Å². The van der Waals surface area contributed by atoms with Gasteiger partial charge in [-0.05, 0) is 67.8 Å². The SMILES string of the molecule is C[C@@]12CCCC(CO)(CO)[C@H]1CC[C@H](CO)[C@H]2CCC1=CCOC1=O. The Hall–Kier alpha value is -0.910. The number of fused-ring (bicyclic) bond motifs is 1. The van der Waals surface area contributed by atoms with Crippen LogP contribution >= 0.6 is 0 Å². The first-order valence-electron chi connectivity index (χ1n) is 9.69. The Labute approximate surface area is 150 Å². The van der Waals surface area contributed by atoms with E-state index in [2.05, 4.69) is 6.92 Å². The molecule has 0 unspecified atom stereocenters. The van der Waals surface area contributed by atoms with E-state index in [-0.39, 0.29) is 43.0 Å².